The van der Waals surface area contributed by atoms with E-state index in [1.165, 1.54) is 0 Å². The van der Waals surface area contributed by atoms with E-state index in [-0.39, 0.29) is 36.0 Å². The summed E-state index contributed by atoms with van der Waals surface area (Å²) in [5, 5.41) is 0. The molecule has 1 heterocycles. The van der Waals surface area contributed by atoms with Gasteiger partial charge in [-0.05, 0) is 18.6 Å². The summed E-state index contributed by atoms with van der Waals surface area (Å²) >= 11 is 0. The van der Waals surface area contributed by atoms with Gasteiger partial charge in [0.1, 0.15) is 11.6 Å². The molecule has 0 N–H and O–H groups in total. The first-order valence-corrected chi connectivity index (χ1v) is 6.19. The van der Waals surface area contributed by atoms with Crippen LogP contribution in [0.25, 0.3) is 0 Å². The predicted octanol–water partition coefficient (Wildman–Crippen LogP) is 2.60. The Labute approximate surface area is 109 Å². The van der Waals surface area contributed by atoms with Gasteiger partial charge in [-0.1, -0.05) is 5.92 Å². The van der Waals surface area contributed by atoms with E-state index in [1.54, 1.807) is 0 Å². The van der Waals surface area contributed by atoms with Crippen LogP contribution >= 0.6 is 0 Å². The second-order valence-corrected chi connectivity index (χ2v) is 5.10. The largest absolute Gasteiger partial charge is 0.490 e. The van der Waals surface area contributed by atoms with Crippen molar-refractivity contribution in [2.45, 2.75) is 24.7 Å². The Kier molecular flexibility index (Phi) is 2.60. The summed E-state index contributed by atoms with van der Waals surface area (Å²) < 4.78 is 33.2. The normalized spacial score (nSPS) is 28.9. The highest BCUT2D eigenvalue weighted by molar-refractivity contribution is 5.81. The second kappa shape index (κ2) is 4.06. The van der Waals surface area contributed by atoms with Gasteiger partial charge in [-0.15, -0.1) is 6.42 Å². The lowest BCUT2D eigenvalue weighted by atomic mass is 9.61. The Morgan fingerprint density at radius 1 is 1.37 bits per heavy atom. The topological polar surface area (TPSA) is 26.3 Å². The highest BCUT2D eigenvalue weighted by Crippen LogP contribution is 2.50. The quantitative estimate of drug-likeness (QED) is 0.672. The van der Waals surface area contributed by atoms with E-state index in [2.05, 4.69) is 5.92 Å². The van der Waals surface area contributed by atoms with Crippen LogP contribution in [-0.4, -0.2) is 12.4 Å². The Hall–Kier alpha value is -1.89. The number of Topliss-reactive ketones (excluding diaryl/α,β-unsaturated/α-hetero) is 1. The van der Waals surface area contributed by atoms with E-state index in [1.807, 2.05) is 0 Å². The second-order valence-electron chi connectivity index (χ2n) is 5.10. The molecule has 4 heteroatoms. The van der Waals surface area contributed by atoms with Gasteiger partial charge in [-0.2, -0.15) is 0 Å². The van der Waals surface area contributed by atoms with Gasteiger partial charge in [0.2, 0.25) is 0 Å². The van der Waals surface area contributed by atoms with Gasteiger partial charge in [-0.3, -0.25) is 4.79 Å². The van der Waals surface area contributed by atoms with Crippen LogP contribution in [0.1, 0.15) is 24.8 Å². The lowest BCUT2D eigenvalue weighted by Gasteiger charge is -2.44. The van der Waals surface area contributed by atoms with Crippen LogP contribution in [0.3, 0.4) is 0 Å². The minimum Gasteiger partial charge on any atom is -0.490 e. The Morgan fingerprint density at radius 3 is 2.84 bits per heavy atom. The number of carbonyl (C=O) groups is 1. The molecule has 2 atom stereocenters. The fourth-order valence-corrected chi connectivity index (χ4v) is 3.16. The third kappa shape index (κ3) is 1.58. The monoisotopic (exact) mass is 262 g/mol. The fourth-order valence-electron chi connectivity index (χ4n) is 3.16. The molecule has 19 heavy (non-hydrogen) atoms. The maximum atomic E-state index is 14.1. The summed E-state index contributed by atoms with van der Waals surface area (Å²) in [4.78, 5) is 11.5. The molecule has 0 saturated heterocycles. The van der Waals surface area contributed by atoms with Crippen LogP contribution in [0.15, 0.2) is 12.1 Å². The minimum absolute atomic E-state index is 0.0939. The molecule has 1 saturated carbocycles. The van der Waals surface area contributed by atoms with Crippen LogP contribution in [0, 0.1) is 29.9 Å². The van der Waals surface area contributed by atoms with E-state index >= 15 is 0 Å². The molecular weight excluding hydrogens is 250 g/mol. The van der Waals surface area contributed by atoms with Crippen LogP contribution in [0.2, 0.25) is 0 Å². The van der Waals surface area contributed by atoms with Crippen molar-refractivity contribution in [3.05, 3.63) is 29.3 Å². The Balaban J connectivity index is 2.23. The van der Waals surface area contributed by atoms with Crippen molar-refractivity contribution in [2.75, 3.05) is 6.61 Å². The van der Waals surface area contributed by atoms with Gasteiger partial charge >= 0.3 is 0 Å². The number of ether oxygens (including phenoxy) is 1. The lowest BCUT2D eigenvalue weighted by Crippen LogP contribution is -2.46. The smallest absolute Gasteiger partial charge is 0.165 e. The molecule has 0 spiro atoms. The number of fused-ring (bicyclic) bond motifs is 3. The molecule has 2 nitrogen and oxygen atoms in total. The first-order chi connectivity index (χ1) is 9.08. The fraction of sp³-hybridized carbons (Fsp3) is 0.400. The first kappa shape index (κ1) is 12.2. The van der Waals surface area contributed by atoms with E-state index in [0.29, 0.717) is 12.8 Å². The van der Waals surface area contributed by atoms with E-state index in [9.17, 15) is 13.6 Å². The average molecular weight is 262 g/mol. The number of benzene rings is 1. The molecule has 1 aliphatic heterocycles. The van der Waals surface area contributed by atoms with Crippen molar-refractivity contribution in [3.63, 3.8) is 0 Å². The van der Waals surface area contributed by atoms with Crippen LogP contribution in [0.5, 0.6) is 5.75 Å². The van der Waals surface area contributed by atoms with Crippen LogP contribution in [-0.2, 0) is 10.2 Å². The number of terminal acetylenes is 1. The van der Waals surface area contributed by atoms with E-state index < -0.39 is 17.0 Å². The summed E-state index contributed by atoms with van der Waals surface area (Å²) in [5.41, 5.74) is -0.813. The molecule has 3 rings (SSSR count). The number of halogens is 2. The summed E-state index contributed by atoms with van der Waals surface area (Å²) in [6.07, 6.45) is 6.54. The SMILES string of the molecule is C#C[C@@]12CCC(=O)CC1COc1c(F)ccc(F)c12. The molecule has 0 aromatic heterocycles. The number of ketones is 1. The number of carbonyl (C=O) groups excluding carboxylic acids is 1. The third-order valence-electron chi connectivity index (χ3n) is 4.16. The first-order valence-electron chi connectivity index (χ1n) is 6.19. The molecule has 1 fully saturated rings. The molecule has 1 aromatic rings. The summed E-state index contributed by atoms with van der Waals surface area (Å²) in [6.45, 7) is 0.156. The van der Waals surface area contributed by atoms with Crippen molar-refractivity contribution >= 4 is 5.78 Å². The highest BCUT2D eigenvalue weighted by atomic mass is 19.1. The van der Waals surface area contributed by atoms with Gasteiger partial charge in [-0.25, -0.2) is 8.78 Å². The summed E-state index contributed by atoms with van der Waals surface area (Å²) in [5.74, 6) is 1.18. The summed E-state index contributed by atoms with van der Waals surface area (Å²) in [6, 6.07) is 2.10. The van der Waals surface area contributed by atoms with Gasteiger partial charge < -0.3 is 4.74 Å². The van der Waals surface area contributed by atoms with Crippen LogP contribution < -0.4 is 4.74 Å². The summed E-state index contributed by atoms with van der Waals surface area (Å²) in [7, 11) is 0. The van der Waals surface area contributed by atoms with Gasteiger partial charge in [0.15, 0.2) is 11.6 Å². The van der Waals surface area contributed by atoms with Gasteiger partial charge in [0.25, 0.3) is 0 Å². The standard InChI is InChI=1S/C15H12F2O2/c1-2-15-6-5-10(18)7-9(15)8-19-14-12(17)4-3-11(16)13(14)15/h1,3-4,9H,5-8H2/t9?,15-/m1/s1. The van der Waals surface area contributed by atoms with Crippen molar-refractivity contribution in [1.29, 1.82) is 0 Å². The molecule has 0 radical (unpaired) electrons. The Morgan fingerprint density at radius 2 is 2.11 bits per heavy atom. The van der Waals surface area contributed by atoms with Gasteiger partial charge in [0.05, 0.1) is 17.6 Å². The highest BCUT2D eigenvalue weighted by Gasteiger charge is 2.50. The zero-order chi connectivity index (χ0) is 13.6. The van der Waals surface area contributed by atoms with E-state index in [0.717, 1.165) is 12.1 Å². The van der Waals surface area contributed by atoms with E-state index in [4.69, 9.17) is 11.2 Å². The minimum atomic E-state index is -0.923. The molecule has 0 bridgehead atoms. The predicted molar refractivity (Wildman–Crippen MR) is 64.7 cm³/mol. The van der Waals surface area contributed by atoms with Crippen molar-refractivity contribution in [1.82, 2.24) is 0 Å². The third-order valence-corrected chi connectivity index (χ3v) is 4.16. The maximum Gasteiger partial charge on any atom is 0.165 e. The van der Waals surface area contributed by atoms with Crippen molar-refractivity contribution in [2.24, 2.45) is 5.92 Å². The number of hydrogen-bond donors (Lipinski definition) is 0. The molecular formula is C15H12F2O2. The zero-order valence-corrected chi connectivity index (χ0v) is 10.2. The molecule has 0 amide bonds. The molecule has 2 aliphatic rings. The number of hydrogen-bond acceptors (Lipinski definition) is 2. The van der Waals surface area contributed by atoms with Crippen LogP contribution in [0.4, 0.5) is 8.78 Å². The lowest BCUT2D eigenvalue weighted by molar-refractivity contribution is -0.123. The van der Waals surface area contributed by atoms with Crippen molar-refractivity contribution in [3.8, 4) is 18.1 Å². The molecule has 98 valence electrons. The average Bonchev–Trinajstić information content (AvgIpc) is 2.42. The zero-order valence-electron chi connectivity index (χ0n) is 10.2. The number of rotatable bonds is 0. The van der Waals surface area contributed by atoms with Gasteiger partial charge in [0, 0.05) is 18.8 Å². The molecule has 1 aliphatic carbocycles. The molecule has 1 aromatic carbocycles. The molecule has 1 unspecified atom stereocenters. The Bertz CT molecular complexity index is 603. The maximum absolute atomic E-state index is 14.1. The van der Waals surface area contributed by atoms with Crippen molar-refractivity contribution < 1.29 is 18.3 Å².